The van der Waals surface area contributed by atoms with Crippen molar-refractivity contribution in [3.8, 4) is 0 Å². The van der Waals surface area contributed by atoms with Crippen LogP contribution in [0, 0.1) is 0 Å². The summed E-state index contributed by atoms with van der Waals surface area (Å²) in [6.45, 7) is 3.94. The largest absolute Gasteiger partial charge is 0.313 e. The Labute approximate surface area is 66.8 Å². The van der Waals surface area contributed by atoms with Gasteiger partial charge in [-0.15, -0.1) is 0 Å². The van der Waals surface area contributed by atoms with Crippen LogP contribution >= 0.6 is 0 Å². The molecule has 1 heterocycles. The Kier molecular flexibility index (Phi) is 3.13. The van der Waals surface area contributed by atoms with Crippen LogP contribution in [-0.2, 0) is 0 Å². The number of rotatable bonds is 2. The summed E-state index contributed by atoms with van der Waals surface area (Å²) in [4.78, 5) is 0. The Hall–Kier alpha value is -0.810. The van der Waals surface area contributed by atoms with Gasteiger partial charge in [-0.25, -0.2) is 5.84 Å². The highest BCUT2D eigenvalue weighted by Crippen LogP contribution is 1.90. The fourth-order valence-electron chi connectivity index (χ4n) is 0.923. The average Bonchev–Trinajstić information content (AvgIpc) is 2.03. The van der Waals surface area contributed by atoms with E-state index >= 15 is 0 Å². The van der Waals surface area contributed by atoms with Gasteiger partial charge in [0.1, 0.15) is 6.34 Å². The normalized spacial score (nSPS) is 19.3. The third-order valence-corrected chi connectivity index (χ3v) is 1.49. The van der Waals surface area contributed by atoms with Gasteiger partial charge in [0.2, 0.25) is 0 Å². The maximum Gasteiger partial charge on any atom is 0.125 e. The summed E-state index contributed by atoms with van der Waals surface area (Å²) in [7, 11) is 1.76. The monoisotopic (exact) mass is 157 g/mol. The Morgan fingerprint density at radius 1 is 1.55 bits per heavy atom. The molecule has 0 aromatic rings. The van der Waals surface area contributed by atoms with Gasteiger partial charge in [0.05, 0.1) is 0 Å². The van der Waals surface area contributed by atoms with Gasteiger partial charge in [-0.2, -0.15) is 5.10 Å². The lowest BCUT2D eigenvalue weighted by molar-refractivity contribution is 0.250. The zero-order chi connectivity index (χ0) is 8.10. The molecule has 1 aliphatic rings. The SMILES string of the molecule is CN(N)C=NN1CCNCC1. The lowest BCUT2D eigenvalue weighted by Gasteiger charge is -2.24. The molecule has 3 N–H and O–H groups in total. The van der Waals surface area contributed by atoms with Crippen molar-refractivity contribution in [3.05, 3.63) is 0 Å². The number of hydrazine groups is 1. The standard InChI is InChI=1S/C6H15N5/c1-10(7)6-9-11-4-2-8-3-5-11/h6,8H,2-5,7H2,1H3. The predicted molar refractivity (Wildman–Crippen MR) is 44.9 cm³/mol. The second-order valence-electron chi connectivity index (χ2n) is 2.60. The van der Waals surface area contributed by atoms with E-state index in [9.17, 15) is 0 Å². The highest BCUT2D eigenvalue weighted by Gasteiger charge is 2.04. The molecule has 1 saturated heterocycles. The number of nitrogens with one attached hydrogen (secondary N) is 1. The highest BCUT2D eigenvalue weighted by molar-refractivity contribution is 5.52. The second kappa shape index (κ2) is 4.15. The summed E-state index contributed by atoms with van der Waals surface area (Å²) in [5.74, 6) is 5.35. The second-order valence-corrected chi connectivity index (χ2v) is 2.60. The number of hydrogen-bond donors (Lipinski definition) is 2. The maximum atomic E-state index is 5.35. The van der Waals surface area contributed by atoms with Gasteiger partial charge in [-0.1, -0.05) is 0 Å². The fraction of sp³-hybridized carbons (Fsp3) is 0.833. The third-order valence-electron chi connectivity index (χ3n) is 1.49. The molecule has 0 radical (unpaired) electrons. The minimum Gasteiger partial charge on any atom is -0.313 e. The molecule has 0 bridgehead atoms. The molecule has 0 atom stereocenters. The summed E-state index contributed by atoms with van der Waals surface area (Å²) in [6.07, 6.45) is 1.62. The first-order valence-corrected chi connectivity index (χ1v) is 3.76. The van der Waals surface area contributed by atoms with Crippen molar-refractivity contribution in [3.63, 3.8) is 0 Å². The van der Waals surface area contributed by atoms with E-state index in [2.05, 4.69) is 10.4 Å². The van der Waals surface area contributed by atoms with Crippen LogP contribution in [0.2, 0.25) is 0 Å². The van der Waals surface area contributed by atoms with Crippen LogP contribution in [0.15, 0.2) is 5.10 Å². The zero-order valence-electron chi connectivity index (χ0n) is 6.82. The minimum absolute atomic E-state index is 0.963. The Balaban J connectivity index is 2.23. The van der Waals surface area contributed by atoms with Crippen molar-refractivity contribution in [1.82, 2.24) is 15.3 Å². The van der Waals surface area contributed by atoms with Gasteiger partial charge in [0.25, 0.3) is 0 Å². The van der Waals surface area contributed by atoms with Crippen LogP contribution in [0.5, 0.6) is 0 Å². The first-order chi connectivity index (χ1) is 5.29. The summed E-state index contributed by atoms with van der Waals surface area (Å²) in [5.41, 5.74) is 0. The van der Waals surface area contributed by atoms with Crippen LogP contribution in [0.25, 0.3) is 0 Å². The topological polar surface area (TPSA) is 56.9 Å². The van der Waals surface area contributed by atoms with Crippen LogP contribution in [0.4, 0.5) is 0 Å². The van der Waals surface area contributed by atoms with E-state index in [0.29, 0.717) is 0 Å². The number of piperazine rings is 1. The van der Waals surface area contributed by atoms with E-state index in [4.69, 9.17) is 5.84 Å². The first kappa shape index (κ1) is 8.29. The van der Waals surface area contributed by atoms with E-state index in [1.165, 1.54) is 5.01 Å². The number of hydrogen-bond acceptors (Lipinski definition) is 4. The molecule has 11 heavy (non-hydrogen) atoms. The Morgan fingerprint density at radius 2 is 2.18 bits per heavy atom. The molecule has 0 aromatic heterocycles. The van der Waals surface area contributed by atoms with E-state index in [0.717, 1.165) is 26.2 Å². The highest BCUT2D eigenvalue weighted by atomic mass is 15.5. The van der Waals surface area contributed by atoms with Crippen molar-refractivity contribution in [2.24, 2.45) is 10.9 Å². The molecular weight excluding hydrogens is 142 g/mol. The molecule has 5 nitrogen and oxygen atoms in total. The molecule has 64 valence electrons. The molecule has 0 unspecified atom stereocenters. The van der Waals surface area contributed by atoms with Gasteiger partial charge >= 0.3 is 0 Å². The van der Waals surface area contributed by atoms with Gasteiger partial charge in [-0.3, -0.25) is 5.01 Å². The van der Waals surface area contributed by atoms with Crippen molar-refractivity contribution < 1.29 is 0 Å². The molecule has 0 aliphatic carbocycles. The molecule has 1 fully saturated rings. The Morgan fingerprint density at radius 3 is 2.73 bits per heavy atom. The summed E-state index contributed by atoms with van der Waals surface area (Å²) < 4.78 is 0. The van der Waals surface area contributed by atoms with Gasteiger partial charge in [0.15, 0.2) is 0 Å². The van der Waals surface area contributed by atoms with Crippen molar-refractivity contribution >= 4 is 6.34 Å². The lowest BCUT2D eigenvalue weighted by Crippen LogP contribution is -2.41. The van der Waals surface area contributed by atoms with E-state index in [-0.39, 0.29) is 0 Å². The first-order valence-electron chi connectivity index (χ1n) is 3.76. The molecular formula is C6H15N5. The van der Waals surface area contributed by atoms with Crippen LogP contribution < -0.4 is 11.2 Å². The molecule has 0 aromatic carbocycles. The van der Waals surface area contributed by atoms with E-state index in [1.807, 2.05) is 5.01 Å². The maximum absolute atomic E-state index is 5.35. The molecule has 1 aliphatic heterocycles. The zero-order valence-corrected chi connectivity index (χ0v) is 6.82. The van der Waals surface area contributed by atoms with Crippen LogP contribution in [0.3, 0.4) is 0 Å². The summed E-state index contributed by atoms with van der Waals surface area (Å²) in [6, 6.07) is 0. The predicted octanol–water partition coefficient (Wildman–Crippen LogP) is -1.36. The number of nitrogens with zero attached hydrogens (tertiary/aromatic N) is 3. The van der Waals surface area contributed by atoms with Gasteiger partial charge in [-0.05, 0) is 0 Å². The summed E-state index contributed by atoms with van der Waals surface area (Å²) >= 11 is 0. The van der Waals surface area contributed by atoms with Crippen molar-refractivity contribution in [2.45, 2.75) is 0 Å². The van der Waals surface area contributed by atoms with Crippen molar-refractivity contribution in [2.75, 3.05) is 33.2 Å². The molecule has 1 rings (SSSR count). The Bertz CT molecular complexity index is 127. The van der Waals surface area contributed by atoms with Gasteiger partial charge < -0.3 is 10.3 Å². The average molecular weight is 157 g/mol. The lowest BCUT2D eigenvalue weighted by atomic mass is 10.4. The van der Waals surface area contributed by atoms with Crippen LogP contribution in [-0.4, -0.2) is 49.6 Å². The van der Waals surface area contributed by atoms with E-state index in [1.54, 1.807) is 13.4 Å². The van der Waals surface area contributed by atoms with Gasteiger partial charge in [0, 0.05) is 33.2 Å². The number of nitrogens with two attached hydrogens (primary N) is 1. The quantitative estimate of drug-likeness (QED) is 0.225. The van der Waals surface area contributed by atoms with E-state index < -0.39 is 0 Å². The fourth-order valence-corrected chi connectivity index (χ4v) is 0.923. The van der Waals surface area contributed by atoms with Crippen LogP contribution in [0.1, 0.15) is 0 Å². The molecule has 0 amide bonds. The molecule has 0 saturated carbocycles. The number of hydrazone groups is 1. The minimum atomic E-state index is 0.963. The third kappa shape index (κ3) is 3.20. The molecule has 5 heteroatoms. The smallest absolute Gasteiger partial charge is 0.125 e. The summed E-state index contributed by atoms with van der Waals surface area (Å²) in [5, 5.41) is 10.8. The van der Waals surface area contributed by atoms with Crippen molar-refractivity contribution in [1.29, 1.82) is 0 Å². The molecule has 0 spiro atoms.